The number of hydrazone groups is 1. The highest BCUT2D eigenvalue weighted by Crippen LogP contribution is 2.35. The van der Waals surface area contributed by atoms with Crippen molar-refractivity contribution in [2.75, 3.05) is 5.01 Å². The molecule has 0 fully saturated rings. The van der Waals surface area contributed by atoms with E-state index in [0.717, 1.165) is 57.6 Å². The van der Waals surface area contributed by atoms with Crippen LogP contribution in [0.3, 0.4) is 0 Å². The van der Waals surface area contributed by atoms with Crippen LogP contribution < -0.4 is 15.5 Å². The molecule has 0 atom stereocenters. The molecule has 4 aromatic rings. The van der Waals surface area contributed by atoms with E-state index in [4.69, 9.17) is 18.0 Å². The molecule has 0 radical (unpaired) electrons. The fraction of sp³-hybridized carbons (Fsp3) is 0.179. The number of nitrogens with zero attached hydrogens (tertiary/aromatic N) is 4. The van der Waals surface area contributed by atoms with E-state index in [-0.39, 0.29) is 10.9 Å². The number of ether oxygens (including phenoxy) is 1. The van der Waals surface area contributed by atoms with Gasteiger partial charge in [-0.15, -0.1) is 13.2 Å². The van der Waals surface area contributed by atoms with Crippen molar-refractivity contribution in [1.29, 1.82) is 0 Å². The second-order valence-electron chi connectivity index (χ2n) is 9.01. The Morgan fingerprint density at radius 2 is 1.76 bits per heavy atom. The first-order valence-electron chi connectivity index (χ1n) is 11.9. The third-order valence-corrected chi connectivity index (χ3v) is 6.59. The third kappa shape index (κ3) is 5.12. The van der Waals surface area contributed by atoms with Gasteiger partial charge in [-0.05, 0) is 97.1 Å². The van der Waals surface area contributed by atoms with Crippen LogP contribution in [0.25, 0.3) is 16.8 Å². The molecule has 2 N–H and O–H groups in total. The molecule has 0 unspecified atom stereocenters. The Kier molecular flexibility index (Phi) is 6.66. The van der Waals surface area contributed by atoms with Crippen LogP contribution in [0.5, 0.6) is 5.75 Å². The Labute approximate surface area is 223 Å². The molecule has 194 valence electrons. The van der Waals surface area contributed by atoms with E-state index in [1.54, 1.807) is 34.2 Å². The van der Waals surface area contributed by atoms with Gasteiger partial charge in [0.2, 0.25) is 0 Å². The van der Waals surface area contributed by atoms with Gasteiger partial charge < -0.3 is 10.5 Å². The van der Waals surface area contributed by atoms with Gasteiger partial charge in [0.05, 0.1) is 29.5 Å². The monoisotopic (exact) mass is 535 g/mol. The molecule has 0 spiro atoms. The Bertz CT molecular complexity index is 1520. The number of hydrogen-bond donors (Lipinski definition) is 1. The summed E-state index contributed by atoms with van der Waals surface area (Å²) in [4.78, 5) is 0. The molecule has 5 rings (SSSR count). The smallest absolute Gasteiger partial charge is 0.406 e. The minimum absolute atomic E-state index is 0.159. The van der Waals surface area contributed by atoms with Crippen molar-refractivity contribution >= 4 is 29.2 Å². The van der Waals surface area contributed by atoms with Crippen molar-refractivity contribution in [3.8, 4) is 22.6 Å². The first kappa shape index (κ1) is 25.5. The van der Waals surface area contributed by atoms with Crippen molar-refractivity contribution in [2.24, 2.45) is 10.8 Å². The number of benzene rings is 3. The summed E-state index contributed by atoms with van der Waals surface area (Å²) < 4.78 is 43.2. The molecule has 3 aromatic carbocycles. The number of aromatic nitrogens is 2. The Morgan fingerprint density at radius 1 is 1.05 bits per heavy atom. The van der Waals surface area contributed by atoms with Gasteiger partial charge in [-0.1, -0.05) is 30.3 Å². The van der Waals surface area contributed by atoms with E-state index in [9.17, 15) is 13.2 Å². The first-order valence-corrected chi connectivity index (χ1v) is 12.3. The topological polar surface area (TPSA) is 68.7 Å². The lowest BCUT2D eigenvalue weighted by molar-refractivity contribution is -0.274. The van der Waals surface area contributed by atoms with Crippen LogP contribution in [-0.4, -0.2) is 27.5 Å². The van der Waals surface area contributed by atoms with Crippen LogP contribution in [-0.2, 0) is 12.8 Å². The average molecular weight is 536 g/mol. The van der Waals surface area contributed by atoms with E-state index in [2.05, 4.69) is 21.0 Å². The SMILES string of the molecule is Cc1cccc(C)c1N(/N=C/c1ccc2c(c1)CCc1c-2cnn1-c1ccc(OC(F)(F)F)cc1)C(N)=S. The molecule has 0 saturated heterocycles. The van der Waals surface area contributed by atoms with E-state index in [0.29, 0.717) is 5.69 Å². The lowest BCUT2D eigenvalue weighted by atomic mass is 9.89. The highest BCUT2D eigenvalue weighted by atomic mass is 32.1. The number of alkyl halides is 3. The number of halogens is 3. The molecule has 1 heterocycles. The van der Waals surface area contributed by atoms with Crippen molar-refractivity contribution in [3.05, 3.63) is 94.8 Å². The number of aryl methyl sites for hydroxylation is 3. The Balaban J connectivity index is 1.40. The second-order valence-corrected chi connectivity index (χ2v) is 9.43. The largest absolute Gasteiger partial charge is 0.573 e. The molecule has 38 heavy (non-hydrogen) atoms. The Hall–Kier alpha value is -4.18. The summed E-state index contributed by atoms with van der Waals surface area (Å²) in [5, 5.41) is 10.8. The van der Waals surface area contributed by atoms with E-state index in [1.165, 1.54) is 12.1 Å². The maximum absolute atomic E-state index is 12.5. The van der Waals surface area contributed by atoms with Gasteiger partial charge >= 0.3 is 6.36 Å². The zero-order chi connectivity index (χ0) is 27.0. The molecular formula is C28H24F3N5OS. The Morgan fingerprint density at radius 3 is 2.42 bits per heavy atom. The van der Waals surface area contributed by atoms with Crippen molar-refractivity contribution in [2.45, 2.75) is 33.1 Å². The highest BCUT2D eigenvalue weighted by molar-refractivity contribution is 7.80. The molecule has 6 nitrogen and oxygen atoms in total. The van der Waals surface area contributed by atoms with Gasteiger partial charge in [-0.25, -0.2) is 9.69 Å². The number of para-hydroxylation sites is 1. The van der Waals surface area contributed by atoms with E-state index in [1.807, 2.05) is 44.2 Å². The van der Waals surface area contributed by atoms with Gasteiger partial charge in [-0.3, -0.25) is 0 Å². The second kappa shape index (κ2) is 9.94. The van der Waals surface area contributed by atoms with Gasteiger partial charge in [0.25, 0.3) is 0 Å². The fourth-order valence-electron chi connectivity index (χ4n) is 4.76. The van der Waals surface area contributed by atoms with Crippen molar-refractivity contribution < 1.29 is 17.9 Å². The summed E-state index contributed by atoms with van der Waals surface area (Å²) in [6.45, 7) is 3.98. The van der Waals surface area contributed by atoms with Crippen molar-refractivity contribution in [1.82, 2.24) is 9.78 Å². The van der Waals surface area contributed by atoms with Crippen LogP contribution >= 0.6 is 12.2 Å². The number of anilines is 1. The first-order chi connectivity index (χ1) is 18.1. The molecule has 0 amide bonds. The van der Waals surface area contributed by atoms with E-state index < -0.39 is 6.36 Å². The molecule has 1 aliphatic carbocycles. The third-order valence-electron chi connectivity index (χ3n) is 6.42. The van der Waals surface area contributed by atoms with Crippen LogP contribution in [0, 0.1) is 13.8 Å². The summed E-state index contributed by atoms with van der Waals surface area (Å²) in [6.07, 6.45) is 0.311. The van der Waals surface area contributed by atoms with Crippen LogP contribution in [0.1, 0.15) is 27.9 Å². The maximum Gasteiger partial charge on any atom is 0.573 e. The highest BCUT2D eigenvalue weighted by Gasteiger charge is 2.31. The number of fused-ring (bicyclic) bond motifs is 3. The van der Waals surface area contributed by atoms with Gasteiger partial charge in [0.1, 0.15) is 5.75 Å². The molecule has 0 aliphatic heterocycles. The van der Waals surface area contributed by atoms with Gasteiger partial charge in [0.15, 0.2) is 5.11 Å². The zero-order valence-electron chi connectivity index (χ0n) is 20.7. The lowest BCUT2D eigenvalue weighted by Gasteiger charge is -2.21. The summed E-state index contributed by atoms with van der Waals surface area (Å²) in [6, 6.07) is 17.8. The quantitative estimate of drug-likeness (QED) is 0.186. The van der Waals surface area contributed by atoms with E-state index >= 15 is 0 Å². The fourth-order valence-corrected chi connectivity index (χ4v) is 4.89. The predicted molar refractivity (Wildman–Crippen MR) is 146 cm³/mol. The number of hydrogen-bond acceptors (Lipinski definition) is 4. The number of nitrogens with two attached hydrogens (primary N) is 1. The molecule has 10 heteroatoms. The average Bonchev–Trinajstić information content (AvgIpc) is 3.29. The van der Waals surface area contributed by atoms with Crippen LogP contribution in [0.15, 0.2) is 72.0 Å². The summed E-state index contributed by atoms with van der Waals surface area (Å²) in [5.74, 6) is -0.270. The van der Waals surface area contributed by atoms with Crippen LogP contribution in [0.2, 0.25) is 0 Å². The lowest BCUT2D eigenvalue weighted by Crippen LogP contribution is -2.32. The van der Waals surface area contributed by atoms with Gasteiger partial charge in [0, 0.05) is 5.56 Å². The predicted octanol–water partition coefficient (Wildman–Crippen LogP) is 6.24. The molecule has 0 bridgehead atoms. The summed E-state index contributed by atoms with van der Waals surface area (Å²) >= 11 is 5.27. The zero-order valence-corrected chi connectivity index (χ0v) is 21.5. The summed E-state index contributed by atoms with van der Waals surface area (Å²) in [7, 11) is 0. The minimum atomic E-state index is -4.73. The van der Waals surface area contributed by atoms with Gasteiger partial charge in [-0.2, -0.15) is 10.2 Å². The molecule has 0 saturated carbocycles. The number of thiocarbonyl (C=S) groups is 1. The van der Waals surface area contributed by atoms with Crippen LogP contribution in [0.4, 0.5) is 18.9 Å². The normalized spacial score (nSPS) is 12.8. The molecular weight excluding hydrogens is 511 g/mol. The standard InChI is InChI=1S/C28H24F3N5OS/c1-17-4-3-5-18(2)26(17)36(27(32)38)33-15-19-6-12-23-20(14-19)7-13-25-24(23)16-34-35(25)21-8-10-22(11-9-21)37-28(29,30)31/h3-6,8-12,14-16H,7,13H2,1-2H3,(H2,32,38)/b33-15+. The maximum atomic E-state index is 12.5. The summed E-state index contributed by atoms with van der Waals surface area (Å²) in [5.41, 5.74) is 14.7. The minimum Gasteiger partial charge on any atom is -0.406 e. The van der Waals surface area contributed by atoms with Crippen molar-refractivity contribution in [3.63, 3.8) is 0 Å². The molecule has 1 aliphatic rings. The number of rotatable bonds is 5. The molecule has 1 aromatic heterocycles.